The molecule has 1 aromatic carbocycles. The monoisotopic (exact) mass is 285 g/mol. The molecule has 0 aliphatic heterocycles. The standard InChI is InChI=1S/C14H12ClN5/c1-9-4-5-11(7-12(9)15)20-14(16)13(18-19-20)10-3-2-6-17-8-10/h2-8H,16H2,1H3. The number of aromatic nitrogens is 4. The van der Waals surface area contributed by atoms with Gasteiger partial charge in [-0.05, 0) is 36.8 Å². The van der Waals surface area contributed by atoms with Crippen molar-refractivity contribution in [1.82, 2.24) is 20.0 Å². The Morgan fingerprint density at radius 3 is 2.80 bits per heavy atom. The molecule has 2 heterocycles. The fourth-order valence-electron chi connectivity index (χ4n) is 1.90. The predicted octanol–water partition coefficient (Wildman–Crippen LogP) is 2.87. The van der Waals surface area contributed by atoms with E-state index in [-0.39, 0.29) is 0 Å². The van der Waals surface area contributed by atoms with E-state index in [4.69, 9.17) is 17.3 Å². The largest absolute Gasteiger partial charge is 0.382 e. The van der Waals surface area contributed by atoms with Crippen LogP contribution in [0.15, 0.2) is 42.7 Å². The summed E-state index contributed by atoms with van der Waals surface area (Å²) in [6, 6.07) is 9.35. The first-order chi connectivity index (χ1) is 9.66. The van der Waals surface area contributed by atoms with Crippen LogP contribution in [0.1, 0.15) is 5.56 Å². The fraction of sp³-hybridized carbons (Fsp3) is 0.0714. The van der Waals surface area contributed by atoms with Gasteiger partial charge >= 0.3 is 0 Å². The Morgan fingerprint density at radius 2 is 2.10 bits per heavy atom. The SMILES string of the molecule is Cc1ccc(-n2nnc(-c3cccnc3)c2N)cc1Cl. The smallest absolute Gasteiger partial charge is 0.155 e. The number of nitrogen functional groups attached to an aromatic ring is 1. The number of rotatable bonds is 2. The van der Waals surface area contributed by atoms with Gasteiger partial charge in [0.05, 0.1) is 5.69 Å². The number of hydrogen-bond donors (Lipinski definition) is 1. The van der Waals surface area contributed by atoms with Crippen LogP contribution < -0.4 is 5.73 Å². The third kappa shape index (κ3) is 2.12. The summed E-state index contributed by atoms with van der Waals surface area (Å²) >= 11 is 6.13. The van der Waals surface area contributed by atoms with Gasteiger partial charge in [-0.15, -0.1) is 5.10 Å². The second-order valence-electron chi connectivity index (χ2n) is 4.41. The van der Waals surface area contributed by atoms with Crippen molar-refractivity contribution in [3.05, 3.63) is 53.3 Å². The third-order valence-corrected chi connectivity index (χ3v) is 3.45. The predicted molar refractivity (Wildman–Crippen MR) is 78.7 cm³/mol. The zero-order valence-electron chi connectivity index (χ0n) is 10.8. The minimum Gasteiger partial charge on any atom is -0.382 e. The van der Waals surface area contributed by atoms with E-state index >= 15 is 0 Å². The minimum atomic E-state index is 0.456. The lowest BCUT2D eigenvalue weighted by Crippen LogP contribution is -2.02. The normalized spacial score (nSPS) is 10.7. The molecule has 0 amide bonds. The molecule has 0 atom stereocenters. The number of benzene rings is 1. The third-order valence-electron chi connectivity index (χ3n) is 3.04. The van der Waals surface area contributed by atoms with E-state index in [1.807, 2.05) is 37.3 Å². The van der Waals surface area contributed by atoms with Gasteiger partial charge in [-0.2, -0.15) is 4.68 Å². The summed E-state index contributed by atoms with van der Waals surface area (Å²) in [4.78, 5) is 4.06. The van der Waals surface area contributed by atoms with Gasteiger partial charge in [-0.3, -0.25) is 4.98 Å². The summed E-state index contributed by atoms with van der Waals surface area (Å²) in [5.74, 6) is 0.456. The molecule has 5 nitrogen and oxygen atoms in total. The molecule has 100 valence electrons. The molecule has 0 unspecified atom stereocenters. The average molecular weight is 286 g/mol. The molecule has 0 fully saturated rings. The van der Waals surface area contributed by atoms with Gasteiger partial charge in [0.1, 0.15) is 5.69 Å². The molecule has 0 spiro atoms. The van der Waals surface area contributed by atoms with E-state index in [2.05, 4.69) is 15.3 Å². The summed E-state index contributed by atoms with van der Waals surface area (Å²) in [5.41, 5.74) is 9.34. The van der Waals surface area contributed by atoms with Crippen molar-refractivity contribution in [2.45, 2.75) is 6.92 Å². The molecule has 2 N–H and O–H groups in total. The van der Waals surface area contributed by atoms with Gasteiger partial charge in [-0.25, -0.2) is 0 Å². The van der Waals surface area contributed by atoms with Gasteiger partial charge < -0.3 is 5.73 Å². The lowest BCUT2D eigenvalue weighted by Gasteiger charge is -2.05. The first kappa shape index (κ1) is 12.6. The molecular weight excluding hydrogens is 274 g/mol. The van der Waals surface area contributed by atoms with Crippen LogP contribution in [0, 0.1) is 6.92 Å². The van der Waals surface area contributed by atoms with Gasteiger partial charge in [0.25, 0.3) is 0 Å². The second kappa shape index (κ2) is 4.94. The van der Waals surface area contributed by atoms with Gasteiger partial charge in [-0.1, -0.05) is 22.9 Å². The Morgan fingerprint density at radius 1 is 1.25 bits per heavy atom. The number of hydrogen-bond acceptors (Lipinski definition) is 4. The summed E-state index contributed by atoms with van der Waals surface area (Å²) in [6.45, 7) is 1.94. The van der Waals surface area contributed by atoms with Crippen molar-refractivity contribution >= 4 is 17.4 Å². The molecule has 0 saturated carbocycles. The topological polar surface area (TPSA) is 69.6 Å². The van der Waals surface area contributed by atoms with E-state index in [0.717, 1.165) is 16.8 Å². The summed E-state index contributed by atoms with van der Waals surface area (Å²) in [7, 11) is 0. The van der Waals surface area contributed by atoms with E-state index in [1.165, 1.54) is 0 Å². The molecule has 0 aliphatic rings. The molecule has 0 saturated heterocycles. The maximum absolute atomic E-state index is 6.13. The molecule has 6 heteroatoms. The van der Waals surface area contributed by atoms with Crippen molar-refractivity contribution in [3.63, 3.8) is 0 Å². The lowest BCUT2D eigenvalue weighted by molar-refractivity contribution is 0.810. The highest BCUT2D eigenvalue weighted by atomic mass is 35.5. The van der Waals surface area contributed by atoms with Crippen molar-refractivity contribution in [1.29, 1.82) is 0 Å². The van der Waals surface area contributed by atoms with Crippen LogP contribution >= 0.6 is 11.6 Å². The van der Waals surface area contributed by atoms with Crippen molar-refractivity contribution < 1.29 is 0 Å². The quantitative estimate of drug-likeness (QED) is 0.786. The maximum Gasteiger partial charge on any atom is 0.155 e. The zero-order chi connectivity index (χ0) is 14.1. The van der Waals surface area contributed by atoms with Crippen molar-refractivity contribution in [3.8, 4) is 16.9 Å². The van der Waals surface area contributed by atoms with E-state index in [0.29, 0.717) is 16.5 Å². The van der Waals surface area contributed by atoms with Crippen LogP contribution in [-0.4, -0.2) is 20.0 Å². The zero-order valence-corrected chi connectivity index (χ0v) is 11.5. The number of anilines is 1. The van der Waals surface area contributed by atoms with Crippen molar-refractivity contribution in [2.24, 2.45) is 0 Å². The van der Waals surface area contributed by atoms with Gasteiger partial charge in [0.2, 0.25) is 0 Å². The molecule has 0 aliphatic carbocycles. The Hall–Kier alpha value is -2.40. The number of nitrogens with zero attached hydrogens (tertiary/aromatic N) is 4. The van der Waals surface area contributed by atoms with Gasteiger partial charge in [0, 0.05) is 23.0 Å². The van der Waals surface area contributed by atoms with Crippen LogP contribution in [0.25, 0.3) is 16.9 Å². The van der Waals surface area contributed by atoms with Crippen LogP contribution in [0.3, 0.4) is 0 Å². The lowest BCUT2D eigenvalue weighted by atomic mass is 10.2. The van der Waals surface area contributed by atoms with Gasteiger partial charge in [0.15, 0.2) is 5.82 Å². The molecule has 0 bridgehead atoms. The number of pyridine rings is 1. The Bertz CT molecular complexity index is 752. The van der Waals surface area contributed by atoms with E-state index < -0.39 is 0 Å². The highest BCUT2D eigenvalue weighted by Crippen LogP contribution is 2.26. The average Bonchev–Trinajstić information content (AvgIpc) is 2.85. The molecule has 2 aromatic heterocycles. The molecule has 3 rings (SSSR count). The number of aryl methyl sites for hydroxylation is 1. The fourth-order valence-corrected chi connectivity index (χ4v) is 2.08. The summed E-state index contributed by atoms with van der Waals surface area (Å²) in [6.07, 6.45) is 3.40. The summed E-state index contributed by atoms with van der Waals surface area (Å²) in [5, 5.41) is 8.87. The van der Waals surface area contributed by atoms with Crippen LogP contribution in [-0.2, 0) is 0 Å². The molecule has 0 radical (unpaired) electrons. The summed E-state index contributed by atoms with van der Waals surface area (Å²) < 4.78 is 1.56. The van der Waals surface area contributed by atoms with E-state index in [1.54, 1.807) is 17.1 Å². The van der Waals surface area contributed by atoms with E-state index in [9.17, 15) is 0 Å². The van der Waals surface area contributed by atoms with Crippen LogP contribution in [0.4, 0.5) is 5.82 Å². The highest BCUT2D eigenvalue weighted by Gasteiger charge is 2.13. The first-order valence-electron chi connectivity index (χ1n) is 6.05. The minimum absolute atomic E-state index is 0.456. The van der Waals surface area contributed by atoms with Crippen LogP contribution in [0.2, 0.25) is 5.02 Å². The number of nitrogens with two attached hydrogens (primary N) is 1. The Balaban J connectivity index is 2.08. The Labute approximate surface area is 121 Å². The molecule has 20 heavy (non-hydrogen) atoms. The second-order valence-corrected chi connectivity index (χ2v) is 4.82. The molecular formula is C14H12ClN5. The highest BCUT2D eigenvalue weighted by molar-refractivity contribution is 6.31. The molecule has 3 aromatic rings. The van der Waals surface area contributed by atoms with Crippen LogP contribution in [0.5, 0.6) is 0 Å². The first-order valence-corrected chi connectivity index (χ1v) is 6.42. The Kier molecular flexibility index (Phi) is 3.12. The number of halogens is 1. The maximum atomic E-state index is 6.13. The van der Waals surface area contributed by atoms with Crippen molar-refractivity contribution in [2.75, 3.05) is 5.73 Å².